The average Bonchev–Trinajstić information content (AvgIpc) is 2.56. The van der Waals surface area contributed by atoms with Crippen LogP contribution in [-0.4, -0.2) is 12.6 Å². The fourth-order valence-electron chi connectivity index (χ4n) is 2.01. The average molecular weight is 392 g/mol. The lowest BCUT2D eigenvalue weighted by atomic mass is 10.1. The Balaban J connectivity index is 2.23. The molecule has 0 fully saturated rings. The molecule has 3 nitrogen and oxygen atoms in total. The minimum absolute atomic E-state index is 0.365. The molecule has 0 saturated heterocycles. The van der Waals surface area contributed by atoms with Gasteiger partial charge in [0.15, 0.2) is 0 Å². The maximum atomic E-state index is 13.5. The van der Waals surface area contributed by atoms with E-state index in [9.17, 15) is 9.18 Å². The van der Waals surface area contributed by atoms with Gasteiger partial charge in [0.25, 0.3) is 0 Å². The molecule has 2 aromatic rings. The zero-order chi connectivity index (χ0) is 17.4. The van der Waals surface area contributed by atoms with Gasteiger partial charge in [-0.3, -0.25) is 0 Å². The first kappa shape index (κ1) is 18.2. The van der Waals surface area contributed by atoms with Gasteiger partial charge in [-0.1, -0.05) is 41.4 Å². The molecule has 0 heterocycles. The standard InChI is InChI=1S/C19H19BrFNO2/c1-2-3-11-24-19(23)13-18(14-5-4-6-16(21)12-14)22-17-9-7-15(20)8-10-17/h4-10,12-13,22H,2-3,11H2,1H3. The maximum Gasteiger partial charge on any atom is 0.332 e. The number of halogens is 2. The number of carbonyl (C=O) groups is 1. The van der Waals surface area contributed by atoms with Gasteiger partial charge in [0, 0.05) is 21.8 Å². The largest absolute Gasteiger partial charge is 0.462 e. The normalized spacial score (nSPS) is 11.2. The molecule has 1 N–H and O–H groups in total. The number of ether oxygens (including phenoxy) is 1. The summed E-state index contributed by atoms with van der Waals surface area (Å²) in [5.74, 6) is -0.817. The van der Waals surface area contributed by atoms with Crippen LogP contribution in [0.15, 0.2) is 59.1 Å². The Labute approximate surface area is 149 Å². The van der Waals surface area contributed by atoms with Crippen molar-refractivity contribution >= 4 is 33.3 Å². The number of hydrogen-bond donors (Lipinski definition) is 1. The van der Waals surface area contributed by atoms with Crippen molar-refractivity contribution < 1.29 is 13.9 Å². The molecule has 2 rings (SSSR count). The fraction of sp³-hybridized carbons (Fsp3) is 0.211. The number of hydrogen-bond acceptors (Lipinski definition) is 3. The first-order chi connectivity index (χ1) is 11.6. The molecule has 24 heavy (non-hydrogen) atoms. The van der Waals surface area contributed by atoms with Crippen molar-refractivity contribution in [1.29, 1.82) is 0 Å². The molecule has 0 atom stereocenters. The van der Waals surface area contributed by atoms with Crippen LogP contribution in [0.1, 0.15) is 25.3 Å². The molecule has 2 aromatic carbocycles. The number of rotatable bonds is 7. The van der Waals surface area contributed by atoms with Gasteiger partial charge in [0.2, 0.25) is 0 Å². The Morgan fingerprint density at radius 1 is 1.25 bits per heavy atom. The van der Waals surface area contributed by atoms with Crippen molar-refractivity contribution in [2.24, 2.45) is 0 Å². The molecular weight excluding hydrogens is 373 g/mol. The van der Waals surface area contributed by atoms with Crippen LogP contribution in [0.25, 0.3) is 5.70 Å². The molecule has 0 spiro atoms. The molecule has 0 aromatic heterocycles. The van der Waals surface area contributed by atoms with Crippen molar-refractivity contribution in [1.82, 2.24) is 0 Å². The zero-order valence-electron chi connectivity index (χ0n) is 13.4. The smallest absolute Gasteiger partial charge is 0.332 e. The SMILES string of the molecule is CCCCOC(=O)C=C(Nc1ccc(Br)cc1)c1cccc(F)c1. The summed E-state index contributed by atoms with van der Waals surface area (Å²) < 4.78 is 19.6. The third-order valence-corrected chi connectivity index (χ3v) is 3.79. The number of benzene rings is 2. The van der Waals surface area contributed by atoms with Gasteiger partial charge in [0.1, 0.15) is 5.82 Å². The van der Waals surface area contributed by atoms with Gasteiger partial charge < -0.3 is 10.1 Å². The zero-order valence-corrected chi connectivity index (χ0v) is 15.0. The van der Waals surface area contributed by atoms with Crippen molar-refractivity contribution in [3.05, 3.63) is 70.5 Å². The van der Waals surface area contributed by atoms with Crippen molar-refractivity contribution in [2.45, 2.75) is 19.8 Å². The summed E-state index contributed by atoms with van der Waals surface area (Å²) >= 11 is 3.38. The molecule has 0 radical (unpaired) electrons. The summed E-state index contributed by atoms with van der Waals surface area (Å²) in [5, 5.41) is 3.14. The minimum Gasteiger partial charge on any atom is -0.462 e. The summed E-state index contributed by atoms with van der Waals surface area (Å²) in [6.07, 6.45) is 3.12. The summed E-state index contributed by atoms with van der Waals surface area (Å²) in [5.41, 5.74) is 1.85. The molecule has 0 aliphatic heterocycles. The molecule has 0 aliphatic carbocycles. The molecule has 0 aliphatic rings. The van der Waals surface area contributed by atoms with Crippen LogP contribution in [0.3, 0.4) is 0 Å². The van der Waals surface area contributed by atoms with Crippen LogP contribution in [0.2, 0.25) is 0 Å². The van der Waals surface area contributed by atoms with Crippen molar-refractivity contribution in [2.75, 3.05) is 11.9 Å². The third kappa shape index (κ3) is 5.81. The van der Waals surface area contributed by atoms with Crippen molar-refractivity contribution in [3.63, 3.8) is 0 Å². The molecule has 0 saturated carbocycles. The van der Waals surface area contributed by atoms with E-state index in [2.05, 4.69) is 21.2 Å². The Bertz CT molecular complexity index is 714. The fourth-order valence-corrected chi connectivity index (χ4v) is 2.28. The number of esters is 1. The second-order valence-electron chi connectivity index (χ2n) is 5.22. The van der Waals surface area contributed by atoms with Gasteiger partial charge >= 0.3 is 5.97 Å². The van der Waals surface area contributed by atoms with E-state index >= 15 is 0 Å². The first-order valence-electron chi connectivity index (χ1n) is 7.75. The molecule has 0 bridgehead atoms. The molecule has 5 heteroatoms. The monoisotopic (exact) mass is 391 g/mol. The number of unbranched alkanes of at least 4 members (excludes halogenated alkanes) is 1. The summed E-state index contributed by atoms with van der Waals surface area (Å²) in [4.78, 5) is 12.0. The van der Waals surface area contributed by atoms with E-state index in [0.29, 0.717) is 17.9 Å². The van der Waals surface area contributed by atoms with E-state index in [1.54, 1.807) is 12.1 Å². The van der Waals surface area contributed by atoms with Gasteiger partial charge in [-0.05, 0) is 42.8 Å². The summed E-state index contributed by atoms with van der Waals surface area (Å²) in [7, 11) is 0. The minimum atomic E-state index is -0.452. The topological polar surface area (TPSA) is 38.3 Å². The molecular formula is C19H19BrFNO2. The highest BCUT2D eigenvalue weighted by atomic mass is 79.9. The highest BCUT2D eigenvalue weighted by Gasteiger charge is 2.08. The predicted octanol–water partition coefficient (Wildman–Crippen LogP) is 5.38. The second kappa shape index (κ2) is 9.23. The number of nitrogens with one attached hydrogen (secondary N) is 1. The lowest BCUT2D eigenvalue weighted by Crippen LogP contribution is -2.07. The number of anilines is 1. The van der Waals surface area contributed by atoms with E-state index in [0.717, 1.165) is 23.0 Å². The molecule has 0 unspecified atom stereocenters. The summed E-state index contributed by atoms with van der Waals surface area (Å²) in [6.45, 7) is 2.40. The Morgan fingerprint density at radius 2 is 2.00 bits per heavy atom. The van der Waals surface area contributed by atoms with Gasteiger partial charge in [-0.25, -0.2) is 9.18 Å². The third-order valence-electron chi connectivity index (χ3n) is 3.26. The van der Waals surface area contributed by atoms with E-state index in [1.165, 1.54) is 18.2 Å². The highest BCUT2D eigenvalue weighted by Crippen LogP contribution is 2.21. The number of carbonyl (C=O) groups excluding carboxylic acids is 1. The maximum absolute atomic E-state index is 13.5. The van der Waals surface area contributed by atoms with Crippen LogP contribution in [0.4, 0.5) is 10.1 Å². The Morgan fingerprint density at radius 3 is 2.67 bits per heavy atom. The van der Waals surface area contributed by atoms with Gasteiger partial charge in [0.05, 0.1) is 12.3 Å². The van der Waals surface area contributed by atoms with Gasteiger partial charge in [-0.2, -0.15) is 0 Å². The van der Waals surface area contributed by atoms with Crippen LogP contribution in [-0.2, 0) is 9.53 Å². The lowest BCUT2D eigenvalue weighted by Gasteiger charge is -2.12. The highest BCUT2D eigenvalue weighted by molar-refractivity contribution is 9.10. The second-order valence-corrected chi connectivity index (χ2v) is 6.14. The van der Waals surface area contributed by atoms with Crippen molar-refractivity contribution in [3.8, 4) is 0 Å². The molecule has 0 amide bonds. The Kier molecular flexibility index (Phi) is 7.00. The predicted molar refractivity (Wildman–Crippen MR) is 98.0 cm³/mol. The lowest BCUT2D eigenvalue weighted by molar-refractivity contribution is -0.137. The van der Waals surface area contributed by atoms with E-state index in [4.69, 9.17) is 4.74 Å². The van der Waals surface area contributed by atoms with E-state index in [-0.39, 0.29) is 5.82 Å². The van der Waals surface area contributed by atoms with E-state index < -0.39 is 5.97 Å². The van der Waals surface area contributed by atoms with Crippen LogP contribution < -0.4 is 5.32 Å². The van der Waals surface area contributed by atoms with Crippen LogP contribution >= 0.6 is 15.9 Å². The van der Waals surface area contributed by atoms with Gasteiger partial charge in [-0.15, -0.1) is 0 Å². The van der Waals surface area contributed by atoms with E-state index in [1.807, 2.05) is 31.2 Å². The quantitative estimate of drug-likeness (QED) is 0.390. The van der Waals surface area contributed by atoms with Crippen LogP contribution in [0, 0.1) is 5.82 Å². The summed E-state index contributed by atoms with van der Waals surface area (Å²) in [6, 6.07) is 13.6. The van der Waals surface area contributed by atoms with Crippen LogP contribution in [0.5, 0.6) is 0 Å². The Hall–Kier alpha value is -2.14. The molecule has 126 valence electrons. The first-order valence-corrected chi connectivity index (χ1v) is 8.55.